The smallest absolute Gasteiger partial charge is 0.337 e. The molecule has 0 bridgehead atoms. The van der Waals surface area contributed by atoms with E-state index < -0.39 is 23.5 Å². The highest BCUT2D eigenvalue weighted by molar-refractivity contribution is 5.94. The van der Waals surface area contributed by atoms with Gasteiger partial charge in [0.05, 0.1) is 25.3 Å². The Kier molecular flexibility index (Phi) is 8.93. The Morgan fingerprint density at radius 1 is 1.05 bits per heavy atom. The van der Waals surface area contributed by atoms with Crippen molar-refractivity contribution in [2.24, 2.45) is 5.41 Å². The summed E-state index contributed by atoms with van der Waals surface area (Å²) >= 11 is 0. The third-order valence-corrected chi connectivity index (χ3v) is 7.78. The lowest BCUT2D eigenvalue weighted by molar-refractivity contribution is -0.147. The highest BCUT2D eigenvalue weighted by Crippen LogP contribution is 2.32. The fourth-order valence-electron chi connectivity index (χ4n) is 5.65. The minimum absolute atomic E-state index is 0.0657. The maximum atomic E-state index is 14.2. The van der Waals surface area contributed by atoms with Gasteiger partial charge in [-0.1, -0.05) is 51.1 Å². The molecule has 0 aromatic heterocycles. The second-order valence-corrected chi connectivity index (χ2v) is 11.7. The van der Waals surface area contributed by atoms with Crippen LogP contribution in [0.3, 0.4) is 0 Å². The molecule has 3 atom stereocenters. The molecule has 0 fully saturated rings. The predicted molar refractivity (Wildman–Crippen MR) is 151 cm³/mol. The summed E-state index contributed by atoms with van der Waals surface area (Å²) in [6, 6.07) is 11.6. The SMILES string of the molecule is CNCC(=O)NC(C(=O)N1Cc2cc(C(=O)OC)ccc2CC1C(=O)NC1CCCc2ccccc21)C(C)(C)C. The average Bonchev–Trinajstić information content (AvgIpc) is 2.93. The third kappa shape index (κ3) is 6.36. The largest absolute Gasteiger partial charge is 0.465 e. The molecule has 1 heterocycles. The van der Waals surface area contributed by atoms with Crippen molar-refractivity contribution < 1.29 is 23.9 Å². The number of likely N-dealkylation sites (N-methyl/N-ethyl adjacent to an activating group) is 1. The Labute approximate surface area is 236 Å². The van der Waals surface area contributed by atoms with E-state index in [1.807, 2.05) is 39.0 Å². The van der Waals surface area contributed by atoms with E-state index in [2.05, 4.69) is 28.1 Å². The number of nitrogens with one attached hydrogen (secondary N) is 3. The van der Waals surface area contributed by atoms with Gasteiger partial charge < -0.3 is 25.6 Å². The Morgan fingerprint density at radius 2 is 1.80 bits per heavy atom. The molecule has 0 saturated carbocycles. The van der Waals surface area contributed by atoms with Crippen molar-refractivity contribution in [2.45, 2.75) is 71.1 Å². The third-order valence-electron chi connectivity index (χ3n) is 7.78. The van der Waals surface area contributed by atoms with Gasteiger partial charge in [-0.25, -0.2) is 4.79 Å². The predicted octanol–water partition coefficient (Wildman–Crippen LogP) is 2.67. The minimum atomic E-state index is -0.857. The summed E-state index contributed by atoms with van der Waals surface area (Å²) in [4.78, 5) is 54.5. The standard InChI is InChI=1S/C31H40N4O5/c1-31(2,3)27(34-26(36)17-32-4)29(38)35-18-22-15-21(30(39)40-5)14-13-20(22)16-25(35)28(37)33-24-12-8-10-19-9-6-7-11-23(19)24/h6-7,9,11,13-15,24-25,27,32H,8,10,12,16-18H2,1-5H3,(H,33,37)(H,34,36). The number of methoxy groups -OCH3 is 1. The second-order valence-electron chi connectivity index (χ2n) is 11.7. The molecule has 214 valence electrons. The van der Waals surface area contributed by atoms with Crippen molar-refractivity contribution in [3.8, 4) is 0 Å². The number of ether oxygens (including phenoxy) is 1. The molecule has 2 aromatic carbocycles. The van der Waals surface area contributed by atoms with E-state index in [9.17, 15) is 19.2 Å². The van der Waals surface area contributed by atoms with Crippen LogP contribution >= 0.6 is 0 Å². The van der Waals surface area contributed by atoms with Crippen LogP contribution in [0.5, 0.6) is 0 Å². The molecule has 0 saturated heterocycles. The van der Waals surface area contributed by atoms with E-state index in [4.69, 9.17) is 4.74 Å². The van der Waals surface area contributed by atoms with Gasteiger partial charge in [0.1, 0.15) is 12.1 Å². The van der Waals surface area contributed by atoms with E-state index in [-0.39, 0.29) is 36.9 Å². The number of fused-ring (bicyclic) bond motifs is 2. The molecule has 3 unspecified atom stereocenters. The number of aryl methyl sites for hydroxylation is 1. The summed E-state index contributed by atoms with van der Waals surface area (Å²) in [7, 11) is 2.99. The normalized spacial score (nSPS) is 19.1. The first-order valence-corrected chi connectivity index (χ1v) is 13.9. The molecule has 0 radical (unpaired) electrons. The van der Waals surface area contributed by atoms with Gasteiger partial charge in [0, 0.05) is 13.0 Å². The van der Waals surface area contributed by atoms with Crippen LogP contribution in [0.4, 0.5) is 0 Å². The van der Waals surface area contributed by atoms with Crippen LogP contribution in [0.2, 0.25) is 0 Å². The number of hydrogen-bond acceptors (Lipinski definition) is 6. The van der Waals surface area contributed by atoms with E-state index in [0.29, 0.717) is 12.0 Å². The van der Waals surface area contributed by atoms with Gasteiger partial charge in [-0.2, -0.15) is 0 Å². The molecule has 3 amide bonds. The van der Waals surface area contributed by atoms with Crippen molar-refractivity contribution in [3.05, 3.63) is 70.3 Å². The zero-order chi connectivity index (χ0) is 29.0. The first-order chi connectivity index (χ1) is 19.0. The fourth-order valence-corrected chi connectivity index (χ4v) is 5.65. The molecule has 9 nitrogen and oxygen atoms in total. The Bertz CT molecular complexity index is 1280. The summed E-state index contributed by atoms with van der Waals surface area (Å²) in [5, 5.41) is 8.92. The summed E-state index contributed by atoms with van der Waals surface area (Å²) in [6.07, 6.45) is 3.07. The maximum absolute atomic E-state index is 14.2. The Morgan fingerprint density at radius 3 is 2.50 bits per heavy atom. The molecule has 9 heteroatoms. The number of benzene rings is 2. The van der Waals surface area contributed by atoms with E-state index in [1.165, 1.54) is 12.7 Å². The number of hydrogen-bond donors (Lipinski definition) is 3. The molecule has 4 rings (SSSR count). The van der Waals surface area contributed by atoms with Crippen LogP contribution in [0.15, 0.2) is 42.5 Å². The lowest BCUT2D eigenvalue weighted by Crippen LogP contribution is -2.61. The molecule has 3 N–H and O–H groups in total. The molecule has 2 aromatic rings. The van der Waals surface area contributed by atoms with Gasteiger partial charge in [0.15, 0.2) is 0 Å². The van der Waals surface area contributed by atoms with E-state index in [1.54, 1.807) is 24.1 Å². The molecule has 2 aliphatic rings. The average molecular weight is 549 g/mol. The van der Waals surface area contributed by atoms with Crippen molar-refractivity contribution in [2.75, 3.05) is 20.7 Å². The van der Waals surface area contributed by atoms with Crippen molar-refractivity contribution in [3.63, 3.8) is 0 Å². The number of esters is 1. The molecule has 1 aliphatic heterocycles. The topological polar surface area (TPSA) is 117 Å². The first-order valence-electron chi connectivity index (χ1n) is 13.9. The Hall–Kier alpha value is -3.72. The monoisotopic (exact) mass is 548 g/mol. The minimum Gasteiger partial charge on any atom is -0.465 e. The maximum Gasteiger partial charge on any atom is 0.337 e. The number of carbonyl (C=O) groups is 4. The highest BCUT2D eigenvalue weighted by atomic mass is 16.5. The summed E-state index contributed by atoms with van der Waals surface area (Å²) in [5.41, 5.74) is 3.79. The van der Waals surface area contributed by atoms with Crippen LogP contribution in [-0.2, 0) is 38.5 Å². The number of amides is 3. The fraction of sp³-hybridized carbons (Fsp3) is 0.484. The van der Waals surface area contributed by atoms with Gasteiger partial charge in [0.25, 0.3) is 0 Å². The van der Waals surface area contributed by atoms with Crippen LogP contribution in [0.1, 0.15) is 72.3 Å². The molecule has 40 heavy (non-hydrogen) atoms. The summed E-state index contributed by atoms with van der Waals surface area (Å²) < 4.78 is 4.89. The van der Waals surface area contributed by atoms with Gasteiger partial charge in [-0.3, -0.25) is 14.4 Å². The summed E-state index contributed by atoms with van der Waals surface area (Å²) in [5.74, 6) is -1.34. The molecular formula is C31H40N4O5. The molecular weight excluding hydrogens is 508 g/mol. The van der Waals surface area contributed by atoms with Crippen LogP contribution in [-0.4, -0.2) is 61.4 Å². The van der Waals surface area contributed by atoms with Crippen molar-refractivity contribution in [1.29, 1.82) is 0 Å². The van der Waals surface area contributed by atoms with Crippen molar-refractivity contribution in [1.82, 2.24) is 20.9 Å². The van der Waals surface area contributed by atoms with Gasteiger partial charge in [0.2, 0.25) is 17.7 Å². The van der Waals surface area contributed by atoms with E-state index >= 15 is 0 Å². The van der Waals surface area contributed by atoms with Gasteiger partial charge in [-0.05, 0) is 66.1 Å². The molecule has 1 aliphatic carbocycles. The van der Waals surface area contributed by atoms with Crippen LogP contribution in [0.25, 0.3) is 0 Å². The zero-order valence-corrected chi connectivity index (χ0v) is 24.0. The van der Waals surface area contributed by atoms with E-state index in [0.717, 1.165) is 36.0 Å². The number of nitrogens with zero attached hydrogens (tertiary/aromatic N) is 1. The highest BCUT2D eigenvalue weighted by Gasteiger charge is 2.42. The van der Waals surface area contributed by atoms with Crippen LogP contribution in [0, 0.1) is 5.41 Å². The lowest BCUT2D eigenvalue weighted by Gasteiger charge is -2.41. The van der Waals surface area contributed by atoms with Gasteiger partial charge in [-0.15, -0.1) is 0 Å². The van der Waals surface area contributed by atoms with Gasteiger partial charge >= 0.3 is 5.97 Å². The molecule has 0 spiro atoms. The quantitative estimate of drug-likeness (QED) is 0.458. The lowest BCUT2D eigenvalue weighted by atomic mass is 9.83. The summed E-state index contributed by atoms with van der Waals surface area (Å²) in [6.45, 7) is 5.85. The first kappa shape index (κ1) is 29.3. The Balaban J connectivity index is 1.68. The van der Waals surface area contributed by atoms with Crippen molar-refractivity contribution >= 4 is 23.7 Å². The van der Waals surface area contributed by atoms with Crippen LogP contribution < -0.4 is 16.0 Å². The number of carbonyl (C=O) groups excluding carboxylic acids is 4. The number of rotatable bonds is 7. The second kappa shape index (κ2) is 12.2. The zero-order valence-electron chi connectivity index (χ0n) is 24.0.